The van der Waals surface area contributed by atoms with Crippen LogP contribution in [0.4, 0.5) is 4.79 Å². The SMILES string of the molecule is CN1CCCN(C/C=C/CCl)C1=O. The van der Waals surface area contributed by atoms with Crippen molar-refractivity contribution in [2.45, 2.75) is 6.42 Å². The fraction of sp³-hybridized carbons (Fsp3) is 0.667. The first kappa shape index (κ1) is 10.4. The van der Waals surface area contributed by atoms with E-state index in [2.05, 4.69) is 0 Å². The number of hydrogen-bond donors (Lipinski definition) is 0. The largest absolute Gasteiger partial charge is 0.328 e. The molecule has 74 valence electrons. The van der Waals surface area contributed by atoms with Gasteiger partial charge in [0.2, 0.25) is 0 Å². The molecule has 0 N–H and O–H groups in total. The highest BCUT2D eigenvalue weighted by molar-refractivity contribution is 6.18. The van der Waals surface area contributed by atoms with Gasteiger partial charge in [-0.3, -0.25) is 0 Å². The van der Waals surface area contributed by atoms with Crippen LogP contribution in [0.15, 0.2) is 12.2 Å². The third-order valence-electron chi connectivity index (χ3n) is 2.10. The van der Waals surface area contributed by atoms with Gasteiger partial charge in [0.05, 0.1) is 0 Å². The van der Waals surface area contributed by atoms with E-state index >= 15 is 0 Å². The zero-order valence-corrected chi connectivity index (χ0v) is 8.63. The van der Waals surface area contributed by atoms with Gasteiger partial charge < -0.3 is 9.80 Å². The summed E-state index contributed by atoms with van der Waals surface area (Å²) >= 11 is 5.48. The summed E-state index contributed by atoms with van der Waals surface area (Å²) in [7, 11) is 1.83. The Morgan fingerprint density at radius 2 is 2.23 bits per heavy atom. The molecule has 0 aromatic carbocycles. The predicted molar refractivity (Wildman–Crippen MR) is 54.1 cm³/mol. The maximum absolute atomic E-state index is 11.5. The number of halogens is 1. The zero-order chi connectivity index (χ0) is 9.68. The van der Waals surface area contributed by atoms with Crippen LogP contribution in [-0.2, 0) is 0 Å². The van der Waals surface area contributed by atoms with Gasteiger partial charge in [0, 0.05) is 32.6 Å². The summed E-state index contributed by atoms with van der Waals surface area (Å²) in [6.07, 6.45) is 4.85. The van der Waals surface area contributed by atoms with Gasteiger partial charge in [-0.15, -0.1) is 11.6 Å². The number of allylic oxidation sites excluding steroid dienone is 1. The average Bonchev–Trinajstić information content (AvgIpc) is 2.13. The van der Waals surface area contributed by atoms with E-state index in [1.54, 1.807) is 4.90 Å². The first-order valence-corrected chi connectivity index (χ1v) is 5.00. The number of amides is 2. The molecule has 0 aromatic rings. The maximum Gasteiger partial charge on any atom is 0.320 e. The molecule has 0 aliphatic carbocycles. The van der Waals surface area contributed by atoms with Gasteiger partial charge in [-0.25, -0.2) is 4.79 Å². The van der Waals surface area contributed by atoms with Crippen LogP contribution >= 0.6 is 11.6 Å². The first-order valence-electron chi connectivity index (χ1n) is 4.46. The summed E-state index contributed by atoms with van der Waals surface area (Å²) in [5.41, 5.74) is 0. The lowest BCUT2D eigenvalue weighted by molar-refractivity contribution is 0.147. The zero-order valence-electron chi connectivity index (χ0n) is 7.87. The lowest BCUT2D eigenvalue weighted by atomic mass is 10.3. The molecule has 1 rings (SSSR count). The number of nitrogens with zero attached hydrogens (tertiary/aromatic N) is 2. The van der Waals surface area contributed by atoms with E-state index in [9.17, 15) is 4.79 Å². The Balaban J connectivity index is 2.39. The number of urea groups is 1. The van der Waals surface area contributed by atoms with Crippen LogP contribution in [0.2, 0.25) is 0 Å². The lowest BCUT2D eigenvalue weighted by Crippen LogP contribution is -2.47. The summed E-state index contributed by atoms with van der Waals surface area (Å²) < 4.78 is 0. The molecule has 0 spiro atoms. The van der Waals surface area contributed by atoms with Crippen molar-refractivity contribution in [1.82, 2.24) is 9.80 Å². The van der Waals surface area contributed by atoms with E-state index in [0.29, 0.717) is 12.4 Å². The smallest absolute Gasteiger partial charge is 0.320 e. The number of carbonyl (C=O) groups is 1. The van der Waals surface area contributed by atoms with E-state index in [-0.39, 0.29) is 6.03 Å². The Morgan fingerprint density at radius 1 is 1.46 bits per heavy atom. The van der Waals surface area contributed by atoms with Gasteiger partial charge in [-0.1, -0.05) is 12.2 Å². The molecule has 1 heterocycles. The third-order valence-corrected chi connectivity index (χ3v) is 2.28. The quantitative estimate of drug-likeness (QED) is 0.503. The van der Waals surface area contributed by atoms with E-state index in [1.807, 2.05) is 24.1 Å². The molecule has 1 saturated heterocycles. The topological polar surface area (TPSA) is 23.6 Å². The second-order valence-corrected chi connectivity index (χ2v) is 3.44. The molecule has 1 aliphatic heterocycles. The molecule has 4 heteroatoms. The van der Waals surface area contributed by atoms with E-state index in [4.69, 9.17) is 11.6 Å². The molecule has 13 heavy (non-hydrogen) atoms. The molecule has 0 aromatic heterocycles. The Bertz CT molecular complexity index is 206. The normalized spacial score (nSPS) is 18.8. The minimum absolute atomic E-state index is 0.116. The van der Waals surface area contributed by atoms with Crippen molar-refractivity contribution >= 4 is 17.6 Å². The number of carbonyl (C=O) groups excluding carboxylic acids is 1. The minimum atomic E-state index is 0.116. The van der Waals surface area contributed by atoms with Crippen molar-refractivity contribution in [2.75, 3.05) is 32.6 Å². The van der Waals surface area contributed by atoms with Gasteiger partial charge >= 0.3 is 6.03 Å². The lowest BCUT2D eigenvalue weighted by Gasteiger charge is -2.32. The molecule has 1 fully saturated rings. The van der Waals surface area contributed by atoms with Crippen molar-refractivity contribution in [3.8, 4) is 0 Å². The van der Waals surface area contributed by atoms with Gasteiger partial charge in [0.1, 0.15) is 0 Å². The van der Waals surface area contributed by atoms with Crippen LogP contribution in [0.3, 0.4) is 0 Å². The Hall–Kier alpha value is -0.700. The fourth-order valence-corrected chi connectivity index (χ4v) is 1.49. The monoisotopic (exact) mass is 202 g/mol. The Kier molecular flexibility index (Phi) is 4.09. The average molecular weight is 203 g/mol. The predicted octanol–water partition coefficient (Wildman–Crippen LogP) is 1.54. The Morgan fingerprint density at radius 3 is 2.92 bits per heavy atom. The Labute approximate surface area is 83.9 Å². The maximum atomic E-state index is 11.5. The van der Waals surface area contributed by atoms with E-state index in [1.165, 1.54) is 0 Å². The summed E-state index contributed by atoms with van der Waals surface area (Å²) in [5, 5.41) is 0. The highest BCUT2D eigenvalue weighted by atomic mass is 35.5. The molecule has 0 atom stereocenters. The summed E-state index contributed by atoms with van der Waals surface area (Å²) in [5.74, 6) is 0.512. The van der Waals surface area contributed by atoms with E-state index in [0.717, 1.165) is 19.5 Å². The first-order chi connectivity index (χ1) is 6.25. The second-order valence-electron chi connectivity index (χ2n) is 3.13. The van der Waals surface area contributed by atoms with Crippen LogP contribution in [0.25, 0.3) is 0 Å². The molecule has 2 amide bonds. The third kappa shape index (κ3) is 2.92. The van der Waals surface area contributed by atoms with Crippen LogP contribution < -0.4 is 0 Å². The highest BCUT2D eigenvalue weighted by Gasteiger charge is 2.20. The van der Waals surface area contributed by atoms with Crippen LogP contribution in [0.5, 0.6) is 0 Å². The van der Waals surface area contributed by atoms with E-state index < -0.39 is 0 Å². The molecule has 1 aliphatic rings. The molecular weight excluding hydrogens is 188 g/mol. The number of rotatable bonds is 3. The van der Waals surface area contributed by atoms with Crippen LogP contribution in [-0.4, -0.2) is 48.4 Å². The number of alkyl halides is 1. The van der Waals surface area contributed by atoms with Gasteiger partial charge in [0.15, 0.2) is 0 Å². The van der Waals surface area contributed by atoms with Crippen molar-refractivity contribution in [3.63, 3.8) is 0 Å². The van der Waals surface area contributed by atoms with Crippen molar-refractivity contribution in [1.29, 1.82) is 0 Å². The molecule has 3 nitrogen and oxygen atoms in total. The highest BCUT2D eigenvalue weighted by Crippen LogP contribution is 2.06. The molecule has 0 saturated carbocycles. The fourth-order valence-electron chi connectivity index (χ4n) is 1.37. The molecule has 0 radical (unpaired) electrons. The summed E-state index contributed by atoms with van der Waals surface area (Å²) in [6.45, 7) is 2.40. The molecule has 0 unspecified atom stereocenters. The minimum Gasteiger partial charge on any atom is -0.328 e. The molecule has 0 bridgehead atoms. The molecular formula is C9H15ClN2O. The van der Waals surface area contributed by atoms with Crippen LogP contribution in [0.1, 0.15) is 6.42 Å². The van der Waals surface area contributed by atoms with Crippen molar-refractivity contribution in [2.24, 2.45) is 0 Å². The summed E-state index contributed by atoms with van der Waals surface area (Å²) in [4.78, 5) is 15.1. The number of hydrogen-bond acceptors (Lipinski definition) is 1. The van der Waals surface area contributed by atoms with Gasteiger partial charge in [-0.2, -0.15) is 0 Å². The van der Waals surface area contributed by atoms with Crippen molar-refractivity contribution in [3.05, 3.63) is 12.2 Å². The summed E-state index contributed by atoms with van der Waals surface area (Å²) in [6, 6.07) is 0.116. The van der Waals surface area contributed by atoms with Gasteiger partial charge in [-0.05, 0) is 6.42 Å². The standard InChI is InChI=1S/C9H15ClN2O/c1-11-6-4-8-12(9(11)13)7-3-2-5-10/h2-3H,4-8H2,1H3/b3-2+. The second kappa shape index (κ2) is 5.12. The van der Waals surface area contributed by atoms with Crippen LogP contribution in [0, 0.1) is 0 Å². The van der Waals surface area contributed by atoms with Crippen molar-refractivity contribution < 1.29 is 4.79 Å². The van der Waals surface area contributed by atoms with Gasteiger partial charge in [0.25, 0.3) is 0 Å².